The largest absolute Gasteiger partial charge is 0.491 e. The summed E-state index contributed by atoms with van der Waals surface area (Å²) in [6.45, 7) is 8.91. The predicted octanol–water partition coefficient (Wildman–Crippen LogP) is 13.0. The smallest absolute Gasteiger partial charge is 0.138 e. The molecule has 8 aromatic rings. The van der Waals surface area contributed by atoms with Crippen LogP contribution in [0.15, 0.2) is 169 Å². The second kappa shape index (κ2) is 21.2. The molecule has 0 atom stereocenters. The average Bonchev–Trinajstić information content (AvgIpc) is 4.00. The molecule has 2 N–H and O–H groups in total. The number of rotatable bonds is 12. The molecule has 0 saturated heterocycles. The van der Waals surface area contributed by atoms with E-state index in [9.17, 15) is 10.2 Å². The highest BCUT2D eigenvalue weighted by Gasteiger charge is 2.41. The van der Waals surface area contributed by atoms with Crippen molar-refractivity contribution in [3.8, 4) is 22.8 Å². The second-order valence-corrected chi connectivity index (χ2v) is 20.0. The van der Waals surface area contributed by atoms with E-state index in [1.807, 2.05) is 38.4 Å². The highest BCUT2D eigenvalue weighted by molar-refractivity contribution is 6.15. The SMILES string of the molecule is CC(C)Oc1ccc2c(c1)C(c1ccnc(C3CCC(O)CC3)c1)=NC2.CC(C)Oc1ccc2c(c1)c(-c1ccnc(C3CCC(O)CC3)c1)nn2C(c1ccccc1)(c1ccccc1)c1ccccc1. The number of ether oxygens (including phenoxy) is 2. The van der Waals surface area contributed by atoms with E-state index in [0.717, 1.165) is 131 Å². The van der Waals surface area contributed by atoms with E-state index in [1.165, 1.54) is 11.1 Å². The second-order valence-electron chi connectivity index (χ2n) is 20.0. The normalized spacial score (nSPS) is 19.0. The number of aromatic nitrogens is 4. The van der Waals surface area contributed by atoms with Crippen molar-refractivity contribution >= 4 is 16.6 Å². The van der Waals surface area contributed by atoms with E-state index >= 15 is 0 Å². The number of aliphatic hydroxyl groups excluding tert-OH is 2. The van der Waals surface area contributed by atoms with Crippen LogP contribution in [0, 0.1) is 0 Å². The van der Waals surface area contributed by atoms with Gasteiger partial charge in [-0.1, -0.05) is 97.1 Å². The number of hydrogen-bond acceptors (Lipinski definition) is 8. The minimum Gasteiger partial charge on any atom is -0.491 e. The van der Waals surface area contributed by atoms with Crippen LogP contribution < -0.4 is 9.47 Å². The highest BCUT2D eigenvalue weighted by Crippen LogP contribution is 2.45. The lowest BCUT2D eigenvalue weighted by Crippen LogP contribution is -2.38. The van der Waals surface area contributed by atoms with Gasteiger partial charge < -0.3 is 19.7 Å². The number of benzene rings is 5. The molecule has 2 fully saturated rings. The molecule has 0 radical (unpaired) electrons. The van der Waals surface area contributed by atoms with E-state index in [0.29, 0.717) is 11.8 Å². The van der Waals surface area contributed by atoms with Gasteiger partial charge in [0.15, 0.2) is 0 Å². The minimum atomic E-state index is -0.754. The topological polar surface area (TPSA) is 115 Å². The van der Waals surface area contributed by atoms with Gasteiger partial charge in [0.2, 0.25) is 0 Å². The Balaban J connectivity index is 0.000000190. The lowest BCUT2D eigenvalue weighted by Gasteiger charge is -2.37. The number of fused-ring (bicyclic) bond motifs is 2. The zero-order valence-electron chi connectivity index (χ0n) is 41.4. The number of aliphatic imine (C=N–C) groups is 1. The van der Waals surface area contributed by atoms with Crippen molar-refractivity contribution in [2.45, 2.75) is 127 Å². The van der Waals surface area contributed by atoms with Gasteiger partial charge in [0.05, 0.1) is 42.2 Å². The quantitative estimate of drug-likeness (QED) is 0.117. The first-order chi connectivity index (χ1) is 34.6. The first-order valence-electron chi connectivity index (χ1n) is 25.6. The van der Waals surface area contributed by atoms with Crippen molar-refractivity contribution in [2.24, 2.45) is 4.99 Å². The summed E-state index contributed by atoms with van der Waals surface area (Å²) in [5, 5.41) is 26.5. The van der Waals surface area contributed by atoms with Gasteiger partial charge in [-0.05, 0) is 156 Å². The van der Waals surface area contributed by atoms with E-state index in [2.05, 4.69) is 163 Å². The number of pyridine rings is 2. The Morgan fingerprint density at radius 1 is 0.535 bits per heavy atom. The van der Waals surface area contributed by atoms with Crippen molar-refractivity contribution in [3.63, 3.8) is 0 Å². The molecule has 0 unspecified atom stereocenters. The van der Waals surface area contributed by atoms with Crippen LogP contribution in [0.4, 0.5) is 0 Å². The number of hydrogen-bond donors (Lipinski definition) is 2. The van der Waals surface area contributed by atoms with Crippen LogP contribution >= 0.6 is 0 Å². The van der Waals surface area contributed by atoms with E-state index < -0.39 is 5.54 Å². The molecular weight excluding hydrogens is 879 g/mol. The van der Waals surface area contributed by atoms with Gasteiger partial charge in [-0.2, -0.15) is 5.10 Å². The fourth-order valence-electron chi connectivity index (χ4n) is 11.0. The van der Waals surface area contributed by atoms with Crippen molar-refractivity contribution in [1.82, 2.24) is 19.7 Å². The molecule has 2 saturated carbocycles. The maximum atomic E-state index is 10.1. The summed E-state index contributed by atoms with van der Waals surface area (Å²) < 4.78 is 14.3. The molecule has 1 aliphatic heterocycles. The van der Waals surface area contributed by atoms with E-state index in [-0.39, 0.29) is 24.4 Å². The van der Waals surface area contributed by atoms with Gasteiger partial charge in [0.1, 0.15) is 22.7 Å². The fourth-order valence-corrected chi connectivity index (χ4v) is 11.0. The molecular formula is C62H65N5O4. The molecule has 4 heterocycles. The van der Waals surface area contributed by atoms with Crippen molar-refractivity contribution < 1.29 is 19.7 Å². The standard InChI is InChI=1S/C40H39N3O2.C22H26N2O2/c1-28(2)45-35-22-23-38-36(27-35)39(30-24-25-41-37(26-30)29-18-20-34(44)21-19-29)42-43(38)40(31-12-6-3-7-13-31,32-14-8-4-9-15-32)33-16-10-5-11-17-33;1-14(2)26-19-8-5-17-13-24-22(20(17)12-19)16-9-10-23-21(11-16)15-3-6-18(25)7-4-15/h3-17,22-29,34,44H,18-21H2,1-2H3;5,8-12,14-15,18,25H,3-4,6-7,13H2,1-2H3. The Bertz CT molecular complexity index is 2980. The van der Waals surface area contributed by atoms with Crippen molar-refractivity contribution in [3.05, 3.63) is 209 Å². The molecule has 9 nitrogen and oxygen atoms in total. The first kappa shape index (κ1) is 47.7. The molecule has 0 bridgehead atoms. The molecule has 3 aliphatic rings. The molecule has 9 heteroatoms. The lowest BCUT2D eigenvalue weighted by molar-refractivity contribution is 0.121. The molecule has 362 valence electrons. The minimum absolute atomic E-state index is 0.0483. The Labute approximate surface area is 418 Å². The summed E-state index contributed by atoms with van der Waals surface area (Å²) in [4.78, 5) is 14.2. The van der Waals surface area contributed by atoms with Crippen LogP contribution in [0.25, 0.3) is 22.2 Å². The monoisotopic (exact) mass is 944 g/mol. The third kappa shape index (κ3) is 10.2. The Hall–Kier alpha value is -6.94. The Morgan fingerprint density at radius 3 is 1.54 bits per heavy atom. The first-order valence-corrected chi connectivity index (χ1v) is 25.6. The summed E-state index contributed by atoms with van der Waals surface area (Å²) in [6.07, 6.45) is 10.9. The molecule has 71 heavy (non-hydrogen) atoms. The summed E-state index contributed by atoms with van der Waals surface area (Å²) in [7, 11) is 0. The van der Waals surface area contributed by atoms with Crippen LogP contribution in [-0.4, -0.2) is 60.1 Å². The summed E-state index contributed by atoms with van der Waals surface area (Å²) in [5.41, 5.74) is 12.3. The van der Waals surface area contributed by atoms with Gasteiger partial charge in [-0.3, -0.25) is 15.0 Å². The molecule has 11 rings (SSSR count). The van der Waals surface area contributed by atoms with Crippen LogP contribution in [-0.2, 0) is 12.1 Å². The molecule has 0 amide bonds. The van der Waals surface area contributed by atoms with Crippen LogP contribution in [0.2, 0.25) is 0 Å². The van der Waals surface area contributed by atoms with Crippen molar-refractivity contribution in [1.29, 1.82) is 0 Å². The molecule has 3 aromatic heterocycles. The summed E-state index contributed by atoms with van der Waals surface area (Å²) in [6, 6.07) is 53.1. The van der Waals surface area contributed by atoms with Crippen molar-refractivity contribution in [2.75, 3.05) is 0 Å². The van der Waals surface area contributed by atoms with Gasteiger partial charge in [-0.25, -0.2) is 4.68 Å². The van der Waals surface area contributed by atoms with Gasteiger partial charge in [-0.15, -0.1) is 0 Å². The van der Waals surface area contributed by atoms with Crippen LogP contribution in [0.3, 0.4) is 0 Å². The molecule has 5 aromatic carbocycles. The van der Waals surface area contributed by atoms with Gasteiger partial charge in [0, 0.05) is 57.7 Å². The van der Waals surface area contributed by atoms with Gasteiger partial charge >= 0.3 is 0 Å². The summed E-state index contributed by atoms with van der Waals surface area (Å²) in [5.74, 6) is 2.48. The van der Waals surface area contributed by atoms with E-state index in [1.54, 1.807) is 0 Å². The summed E-state index contributed by atoms with van der Waals surface area (Å²) >= 11 is 0. The maximum absolute atomic E-state index is 10.1. The number of nitrogens with zero attached hydrogens (tertiary/aromatic N) is 5. The zero-order valence-corrected chi connectivity index (χ0v) is 41.4. The third-order valence-corrected chi connectivity index (χ3v) is 14.4. The predicted molar refractivity (Wildman–Crippen MR) is 284 cm³/mol. The van der Waals surface area contributed by atoms with Crippen LogP contribution in [0.1, 0.15) is 136 Å². The average molecular weight is 944 g/mol. The molecule has 2 aliphatic carbocycles. The van der Waals surface area contributed by atoms with Gasteiger partial charge in [0.25, 0.3) is 0 Å². The zero-order chi connectivity index (χ0) is 48.9. The number of aliphatic hydroxyl groups is 2. The van der Waals surface area contributed by atoms with Crippen LogP contribution in [0.5, 0.6) is 11.5 Å². The lowest BCUT2D eigenvalue weighted by atomic mass is 9.77. The molecule has 0 spiro atoms. The third-order valence-electron chi connectivity index (χ3n) is 14.4. The fraction of sp³-hybridized carbons (Fsp3) is 0.323. The Kier molecular flexibility index (Phi) is 14.2. The maximum Gasteiger partial charge on any atom is 0.138 e. The Morgan fingerprint density at radius 2 is 1.01 bits per heavy atom. The highest BCUT2D eigenvalue weighted by atomic mass is 16.5. The van der Waals surface area contributed by atoms with E-state index in [4.69, 9.17) is 24.5 Å².